The van der Waals surface area contributed by atoms with Crippen molar-refractivity contribution >= 4 is 0 Å². The minimum Gasteiger partial charge on any atom is -0.636 e. The van der Waals surface area contributed by atoms with Gasteiger partial charge in [0.05, 0.1) is 6.54 Å². The van der Waals surface area contributed by atoms with E-state index in [4.69, 9.17) is 0 Å². The Balaban J connectivity index is 2.40. The van der Waals surface area contributed by atoms with Crippen LogP contribution in [0, 0.1) is 5.21 Å². The summed E-state index contributed by atoms with van der Waals surface area (Å²) in [5, 5.41) is 9.33. The fraction of sp³-hybridized carbons (Fsp3) is 0.333. The first-order valence-electron chi connectivity index (χ1n) is 1.46. The van der Waals surface area contributed by atoms with E-state index in [1.807, 2.05) is 0 Å². The highest BCUT2D eigenvalue weighted by Gasteiger charge is 1.55. The Labute approximate surface area is 31.1 Å². The number of nitrogens with two attached hydrogens (primary N) is 1. The molecule has 0 fully saturated rings. The van der Waals surface area contributed by atoms with Gasteiger partial charge in [-0.15, -0.1) is 0 Å². The lowest BCUT2D eigenvalue weighted by Gasteiger charge is -1.90. The zero-order valence-corrected chi connectivity index (χ0v) is 2.98. The van der Waals surface area contributed by atoms with E-state index in [1.54, 1.807) is 6.08 Å². The van der Waals surface area contributed by atoms with Crippen LogP contribution >= 0.6 is 0 Å². The van der Waals surface area contributed by atoms with E-state index in [0.717, 1.165) is 5.48 Å². The molecule has 0 heterocycles. The number of hydrogen-bond donors (Lipinski definition) is 1. The Kier molecular flexibility index (Phi) is 3.41. The molecule has 2 nitrogen and oxygen atoms in total. The normalized spacial score (nSPS) is 7.40. The van der Waals surface area contributed by atoms with Crippen molar-refractivity contribution in [1.29, 1.82) is 0 Å². The summed E-state index contributed by atoms with van der Waals surface area (Å²) < 4.78 is 0. The molecule has 0 saturated heterocycles. The average Bonchev–Trinajstić information content (AvgIpc) is 1.41. The van der Waals surface area contributed by atoms with Crippen LogP contribution in [0.15, 0.2) is 12.7 Å². The standard InChI is InChI=1S/C3H7NO/c1-2-3-4-5/h2H,1,3-4H2. The Bertz CT molecular complexity index is 28.1. The molecule has 0 radical (unpaired) electrons. The van der Waals surface area contributed by atoms with Crippen molar-refractivity contribution in [2.75, 3.05) is 6.54 Å². The lowest BCUT2D eigenvalue weighted by molar-refractivity contribution is -0.578. The molecule has 0 saturated carbocycles. The molecule has 5 heavy (non-hydrogen) atoms. The Hall–Kier alpha value is -0.340. The third-order valence-electron chi connectivity index (χ3n) is 0.263. The summed E-state index contributed by atoms with van der Waals surface area (Å²) in [4.78, 5) is 0. The van der Waals surface area contributed by atoms with E-state index >= 15 is 0 Å². The summed E-state index contributed by atoms with van der Waals surface area (Å²) in [6.45, 7) is 3.79. The molecule has 0 aliphatic heterocycles. The van der Waals surface area contributed by atoms with Gasteiger partial charge in [0, 0.05) is 0 Å². The molecule has 0 aliphatic carbocycles. The lowest BCUT2D eigenvalue weighted by atomic mass is 10.7. The van der Waals surface area contributed by atoms with Gasteiger partial charge in [-0.25, -0.2) is 0 Å². The van der Waals surface area contributed by atoms with E-state index in [0.29, 0.717) is 6.54 Å². The van der Waals surface area contributed by atoms with Crippen LogP contribution < -0.4 is 5.48 Å². The summed E-state index contributed by atoms with van der Waals surface area (Å²) >= 11 is 0. The molecule has 2 N–H and O–H groups in total. The molecule has 0 aromatic carbocycles. The van der Waals surface area contributed by atoms with E-state index in [2.05, 4.69) is 6.58 Å². The maximum Gasteiger partial charge on any atom is 0.0937 e. The summed E-state index contributed by atoms with van der Waals surface area (Å²) in [5.74, 6) is 0. The Morgan fingerprint density at radius 3 is 2.60 bits per heavy atom. The second-order valence-electron chi connectivity index (χ2n) is 0.691. The molecular formula is C3H7NO. The molecule has 2 heteroatoms. The van der Waals surface area contributed by atoms with Gasteiger partial charge in [0.1, 0.15) is 0 Å². The second kappa shape index (κ2) is 3.66. The van der Waals surface area contributed by atoms with Gasteiger partial charge in [0.25, 0.3) is 0 Å². The number of quaternary nitrogens is 1. The summed E-state index contributed by atoms with van der Waals surface area (Å²) in [6, 6.07) is 0. The van der Waals surface area contributed by atoms with Gasteiger partial charge in [0.15, 0.2) is 0 Å². The minimum absolute atomic E-state index is 0.472. The molecule has 0 aromatic heterocycles. The van der Waals surface area contributed by atoms with E-state index < -0.39 is 0 Å². The largest absolute Gasteiger partial charge is 0.636 e. The van der Waals surface area contributed by atoms with Crippen LogP contribution in [-0.2, 0) is 0 Å². The first kappa shape index (κ1) is 4.66. The smallest absolute Gasteiger partial charge is 0.0937 e. The van der Waals surface area contributed by atoms with Crippen LogP contribution in [-0.4, -0.2) is 6.54 Å². The van der Waals surface area contributed by atoms with Gasteiger partial charge >= 0.3 is 0 Å². The number of hydrogen-bond acceptors (Lipinski definition) is 1. The molecule has 0 spiro atoms. The first-order valence-corrected chi connectivity index (χ1v) is 1.46. The van der Waals surface area contributed by atoms with Crippen molar-refractivity contribution in [3.05, 3.63) is 17.9 Å². The summed E-state index contributed by atoms with van der Waals surface area (Å²) in [5.41, 5.74) is 0.812. The fourth-order valence-corrected chi connectivity index (χ4v) is 0.0680. The summed E-state index contributed by atoms with van der Waals surface area (Å²) in [6.07, 6.45) is 1.56. The third-order valence-corrected chi connectivity index (χ3v) is 0.263. The zero-order chi connectivity index (χ0) is 4.12. The number of rotatable bonds is 2. The molecule has 0 rings (SSSR count). The molecule has 0 unspecified atom stereocenters. The quantitative estimate of drug-likeness (QED) is 0.338. The average molecular weight is 73.1 g/mol. The van der Waals surface area contributed by atoms with Gasteiger partial charge in [-0.05, 0) is 6.08 Å². The van der Waals surface area contributed by atoms with Crippen molar-refractivity contribution in [2.45, 2.75) is 0 Å². The lowest BCUT2D eigenvalue weighted by Crippen LogP contribution is -2.76. The van der Waals surface area contributed by atoms with Gasteiger partial charge < -0.3 is 10.7 Å². The van der Waals surface area contributed by atoms with Crippen molar-refractivity contribution in [1.82, 2.24) is 0 Å². The maximum atomic E-state index is 9.33. The van der Waals surface area contributed by atoms with Gasteiger partial charge in [0.2, 0.25) is 0 Å². The molecule has 0 aliphatic rings. The van der Waals surface area contributed by atoms with E-state index in [-0.39, 0.29) is 0 Å². The maximum absolute atomic E-state index is 9.33. The van der Waals surface area contributed by atoms with Crippen LogP contribution in [0.3, 0.4) is 0 Å². The van der Waals surface area contributed by atoms with Crippen LogP contribution in [0.4, 0.5) is 0 Å². The predicted molar refractivity (Wildman–Crippen MR) is 20.4 cm³/mol. The summed E-state index contributed by atoms with van der Waals surface area (Å²) in [7, 11) is 0. The van der Waals surface area contributed by atoms with Crippen LogP contribution in [0.2, 0.25) is 0 Å². The molecule has 0 aromatic rings. The highest BCUT2D eigenvalue weighted by atomic mass is 16.5. The highest BCUT2D eigenvalue weighted by molar-refractivity contribution is 4.60. The molecule has 30 valence electrons. The number of hydroxylamine groups is 1. The minimum atomic E-state index is 0.472. The van der Waals surface area contributed by atoms with Gasteiger partial charge in [-0.2, -0.15) is 0 Å². The van der Waals surface area contributed by atoms with E-state index in [9.17, 15) is 5.21 Å². The monoisotopic (exact) mass is 73.1 g/mol. The van der Waals surface area contributed by atoms with Crippen molar-refractivity contribution in [3.8, 4) is 0 Å². The Morgan fingerprint density at radius 2 is 2.60 bits per heavy atom. The van der Waals surface area contributed by atoms with Crippen LogP contribution in [0.5, 0.6) is 0 Å². The Morgan fingerprint density at radius 1 is 2.00 bits per heavy atom. The van der Waals surface area contributed by atoms with Crippen LogP contribution in [0.25, 0.3) is 0 Å². The molecule has 0 amide bonds. The SMILES string of the molecule is C=CC[NH2+][O-]. The topological polar surface area (TPSA) is 39.7 Å². The zero-order valence-electron chi connectivity index (χ0n) is 2.98. The third kappa shape index (κ3) is 3.66. The predicted octanol–water partition coefficient (Wildman–Crippen LogP) is -0.766. The van der Waals surface area contributed by atoms with Crippen molar-refractivity contribution < 1.29 is 5.48 Å². The fourth-order valence-electron chi connectivity index (χ4n) is 0.0680. The highest BCUT2D eigenvalue weighted by Crippen LogP contribution is 1.39. The van der Waals surface area contributed by atoms with Crippen molar-refractivity contribution in [3.63, 3.8) is 0 Å². The van der Waals surface area contributed by atoms with Crippen molar-refractivity contribution in [2.24, 2.45) is 0 Å². The van der Waals surface area contributed by atoms with Gasteiger partial charge in [-0.1, -0.05) is 6.58 Å². The molecular weight excluding hydrogens is 66.0 g/mol. The first-order chi connectivity index (χ1) is 2.41. The van der Waals surface area contributed by atoms with Gasteiger partial charge in [-0.3, -0.25) is 0 Å². The molecule has 0 bridgehead atoms. The van der Waals surface area contributed by atoms with Crippen LogP contribution in [0.1, 0.15) is 0 Å². The second-order valence-corrected chi connectivity index (χ2v) is 0.691. The van der Waals surface area contributed by atoms with E-state index in [1.165, 1.54) is 0 Å². The molecule has 0 atom stereocenters.